The van der Waals surface area contributed by atoms with Crippen LogP contribution >= 0.6 is 23.2 Å². The summed E-state index contributed by atoms with van der Waals surface area (Å²) >= 11 is 12.6. The second-order valence-corrected chi connectivity index (χ2v) is 13.0. The number of nitrogens with zero attached hydrogens (tertiary/aromatic N) is 4. The molecule has 13 heteroatoms. The summed E-state index contributed by atoms with van der Waals surface area (Å²) in [7, 11) is 0.228. The van der Waals surface area contributed by atoms with E-state index in [1.165, 1.54) is 31.5 Å². The number of fused-ring (bicyclic) bond motifs is 1. The number of hydrogen-bond acceptors (Lipinski definition) is 6. The maximum Gasteiger partial charge on any atom is 0.416 e. The van der Waals surface area contributed by atoms with Gasteiger partial charge in [-0.25, -0.2) is 13.4 Å². The van der Waals surface area contributed by atoms with Crippen LogP contribution in [0.1, 0.15) is 36.5 Å². The summed E-state index contributed by atoms with van der Waals surface area (Å²) in [5, 5.41) is -0.263. The van der Waals surface area contributed by atoms with Gasteiger partial charge < -0.3 is 4.90 Å². The minimum Gasteiger partial charge on any atom is -0.305 e. The van der Waals surface area contributed by atoms with Gasteiger partial charge in [0.2, 0.25) is 0 Å². The second kappa shape index (κ2) is 11.4. The Balaban J connectivity index is 1.81. The molecule has 7 nitrogen and oxygen atoms in total. The zero-order chi connectivity index (χ0) is 28.7. The van der Waals surface area contributed by atoms with E-state index in [4.69, 9.17) is 23.2 Å². The highest BCUT2D eigenvalue weighted by molar-refractivity contribution is 7.91. The number of likely N-dealkylation sites (N-methyl/N-ethyl adjacent to an activating group) is 1. The van der Waals surface area contributed by atoms with E-state index in [2.05, 4.69) is 9.88 Å². The Morgan fingerprint density at radius 2 is 1.87 bits per heavy atom. The van der Waals surface area contributed by atoms with Crippen LogP contribution in [0.5, 0.6) is 0 Å². The maximum atomic E-state index is 14.3. The molecule has 1 aliphatic rings. The van der Waals surface area contributed by atoms with Crippen LogP contribution in [0.4, 0.5) is 13.2 Å². The zero-order valence-electron chi connectivity index (χ0n) is 21.7. The lowest BCUT2D eigenvalue weighted by molar-refractivity contribution is -0.138. The fraction of sp³-hybridized carbons (Fsp3) is 0.462. The van der Waals surface area contributed by atoms with Crippen molar-refractivity contribution in [3.8, 4) is 0 Å². The van der Waals surface area contributed by atoms with Crippen molar-refractivity contribution in [2.75, 3.05) is 32.9 Å². The molecule has 1 saturated heterocycles. The third-order valence-corrected chi connectivity index (χ3v) is 9.61. The summed E-state index contributed by atoms with van der Waals surface area (Å²) in [5.41, 5.74) is -1.68. The first-order chi connectivity index (χ1) is 18.2. The monoisotopic (exact) mass is 604 g/mol. The van der Waals surface area contributed by atoms with Crippen LogP contribution in [-0.2, 0) is 29.1 Å². The van der Waals surface area contributed by atoms with E-state index < -0.39 is 27.1 Å². The Morgan fingerprint density at radius 1 is 1.15 bits per heavy atom. The molecule has 0 bridgehead atoms. The number of rotatable bonds is 7. The van der Waals surface area contributed by atoms with Crippen LogP contribution in [0.2, 0.25) is 10.0 Å². The van der Waals surface area contributed by atoms with E-state index in [0.29, 0.717) is 13.1 Å². The van der Waals surface area contributed by atoms with Crippen LogP contribution in [0.15, 0.2) is 40.3 Å². The minimum atomic E-state index is -4.76. The van der Waals surface area contributed by atoms with Gasteiger partial charge in [-0.15, -0.1) is 0 Å². The molecule has 0 radical (unpaired) electrons. The van der Waals surface area contributed by atoms with Gasteiger partial charge in [-0.1, -0.05) is 30.1 Å². The van der Waals surface area contributed by atoms with Crippen LogP contribution in [0.3, 0.4) is 0 Å². The average Bonchev–Trinajstić information content (AvgIpc) is 2.86. The van der Waals surface area contributed by atoms with Gasteiger partial charge in [0.1, 0.15) is 0 Å². The van der Waals surface area contributed by atoms with Crippen LogP contribution in [0.25, 0.3) is 10.9 Å². The molecule has 0 amide bonds. The minimum absolute atomic E-state index is 0.0108. The van der Waals surface area contributed by atoms with Crippen molar-refractivity contribution in [2.24, 2.45) is 0 Å². The third-order valence-electron chi connectivity index (χ3n) is 7.14. The van der Waals surface area contributed by atoms with Crippen molar-refractivity contribution in [1.82, 2.24) is 19.4 Å². The molecule has 3 aromatic rings. The van der Waals surface area contributed by atoms with Gasteiger partial charge in [0.15, 0.2) is 9.84 Å². The predicted octanol–water partition coefficient (Wildman–Crippen LogP) is 5.09. The summed E-state index contributed by atoms with van der Waals surface area (Å²) in [5.74, 6) is -0.174. The molecule has 39 heavy (non-hydrogen) atoms. The van der Waals surface area contributed by atoms with Gasteiger partial charge in [0, 0.05) is 24.2 Å². The number of aromatic nitrogens is 2. The number of alkyl halides is 3. The Bertz CT molecular complexity index is 1560. The number of piperidine rings is 1. The summed E-state index contributed by atoms with van der Waals surface area (Å²) < 4.78 is 69.0. The van der Waals surface area contributed by atoms with Gasteiger partial charge in [-0.2, -0.15) is 13.2 Å². The molecule has 0 saturated carbocycles. The molecule has 212 valence electrons. The fourth-order valence-electron chi connectivity index (χ4n) is 4.96. The molecule has 0 N–H and O–H groups in total. The fourth-order valence-corrected chi connectivity index (χ4v) is 6.57. The Labute approximate surface area is 235 Å². The highest BCUT2D eigenvalue weighted by Gasteiger charge is 2.37. The van der Waals surface area contributed by atoms with E-state index in [1.54, 1.807) is 0 Å². The molecule has 2 heterocycles. The van der Waals surface area contributed by atoms with E-state index in [0.717, 1.165) is 23.5 Å². The van der Waals surface area contributed by atoms with E-state index in [1.807, 2.05) is 19.0 Å². The van der Waals surface area contributed by atoms with Gasteiger partial charge in [-0.3, -0.25) is 14.3 Å². The molecule has 0 spiro atoms. The molecule has 2 aromatic carbocycles. The lowest BCUT2D eigenvalue weighted by atomic mass is 10.00. The lowest BCUT2D eigenvalue weighted by Gasteiger charge is -2.36. The van der Waals surface area contributed by atoms with Crippen molar-refractivity contribution in [3.63, 3.8) is 0 Å². The molecule has 1 aliphatic heterocycles. The van der Waals surface area contributed by atoms with Gasteiger partial charge in [-0.05, 0) is 68.9 Å². The number of hydrogen-bond donors (Lipinski definition) is 0. The van der Waals surface area contributed by atoms with Crippen LogP contribution in [-0.4, -0.2) is 66.7 Å². The first-order valence-electron chi connectivity index (χ1n) is 12.4. The first-order valence-corrected chi connectivity index (χ1v) is 14.8. The summed E-state index contributed by atoms with van der Waals surface area (Å²) in [6.07, 6.45) is -1.79. The molecular formula is C26H29Cl2F3N4O3S. The van der Waals surface area contributed by atoms with Gasteiger partial charge in [0.05, 0.1) is 45.0 Å². The highest BCUT2D eigenvalue weighted by Crippen LogP contribution is 2.39. The van der Waals surface area contributed by atoms with Crippen LogP contribution in [0, 0.1) is 0 Å². The Hall–Kier alpha value is -2.18. The zero-order valence-corrected chi connectivity index (χ0v) is 24.1. The van der Waals surface area contributed by atoms with Crippen molar-refractivity contribution in [2.45, 2.75) is 50.0 Å². The smallest absolute Gasteiger partial charge is 0.305 e. The Morgan fingerprint density at radius 3 is 2.51 bits per heavy atom. The summed E-state index contributed by atoms with van der Waals surface area (Å²) in [6, 6.07) is 5.21. The summed E-state index contributed by atoms with van der Waals surface area (Å²) in [4.78, 5) is 21.6. The molecule has 1 atom stereocenters. The number of sulfone groups is 1. The van der Waals surface area contributed by atoms with E-state index in [9.17, 15) is 26.4 Å². The molecule has 4 rings (SSSR count). The molecule has 1 aromatic heterocycles. The molecular weight excluding hydrogens is 576 g/mol. The maximum absolute atomic E-state index is 14.3. The third kappa shape index (κ3) is 6.27. The largest absolute Gasteiger partial charge is 0.416 e. The lowest BCUT2D eigenvalue weighted by Crippen LogP contribution is -2.44. The highest BCUT2D eigenvalue weighted by atomic mass is 35.5. The van der Waals surface area contributed by atoms with E-state index >= 15 is 0 Å². The van der Waals surface area contributed by atoms with Gasteiger partial charge in [0.25, 0.3) is 5.56 Å². The standard InChI is InChI=1S/C26H29Cl2F3N4O3S/c1-4-39(37,38)22-8-7-17(27)10-16(22)12-35-15-32-24-19(25(35)36)11-21(26(29,30)31)20(23(24)28)14-34-9-5-6-18(13-34)33(2)3/h7-8,10-11,15,18H,4-6,9,12-14H2,1-3H3/t18-/m0/s1. The Kier molecular flexibility index (Phi) is 8.68. The van der Waals surface area contributed by atoms with Crippen molar-refractivity contribution in [1.29, 1.82) is 0 Å². The van der Waals surface area contributed by atoms with Crippen LogP contribution < -0.4 is 5.56 Å². The normalized spacial score (nSPS) is 17.3. The number of likely N-dealkylation sites (tertiary alicyclic amines) is 1. The first kappa shape index (κ1) is 29.8. The number of halogens is 5. The number of benzene rings is 2. The quantitative estimate of drug-likeness (QED) is 0.374. The molecule has 1 fully saturated rings. The summed E-state index contributed by atoms with van der Waals surface area (Å²) in [6.45, 7) is 2.43. The SMILES string of the molecule is CCS(=O)(=O)c1ccc(Cl)cc1Cn1cnc2c(Cl)c(CN3CCC[C@H](N(C)C)C3)c(C(F)(F)F)cc2c1=O. The van der Waals surface area contributed by atoms with E-state index in [-0.39, 0.29) is 61.9 Å². The molecule has 0 aliphatic carbocycles. The molecule has 0 unspecified atom stereocenters. The van der Waals surface area contributed by atoms with Gasteiger partial charge >= 0.3 is 6.18 Å². The van der Waals surface area contributed by atoms with Crippen molar-refractivity contribution < 1.29 is 21.6 Å². The topological polar surface area (TPSA) is 75.5 Å². The van der Waals surface area contributed by atoms with Crippen molar-refractivity contribution in [3.05, 3.63) is 67.7 Å². The van der Waals surface area contributed by atoms with Crippen molar-refractivity contribution >= 4 is 43.9 Å². The average molecular weight is 606 g/mol. The predicted molar refractivity (Wildman–Crippen MR) is 146 cm³/mol. The second-order valence-electron chi connectivity index (χ2n) is 9.94.